The first-order valence-electron chi connectivity index (χ1n) is 6.80. The second-order valence-corrected chi connectivity index (χ2v) is 5.27. The van der Waals surface area contributed by atoms with Gasteiger partial charge in [0.05, 0.1) is 18.4 Å². The molecule has 5 heteroatoms. The minimum absolute atomic E-state index is 0.242. The quantitative estimate of drug-likeness (QED) is 0.493. The fourth-order valence-corrected chi connectivity index (χ4v) is 2.49. The zero-order valence-corrected chi connectivity index (χ0v) is 11.9. The van der Waals surface area contributed by atoms with Crippen molar-refractivity contribution >= 4 is 5.71 Å². The molecule has 20 heavy (non-hydrogen) atoms. The van der Waals surface area contributed by atoms with Crippen LogP contribution in [0.15, 0.2) is 23.4 Å². The molecule has 0 aromatic heterocycles. The maximum absolute atomic E-state index is 10.3. The summed E-state index contributed by atoms with van der Waals surface area (Å²) in [6.07, 6.45) is 3.59. The smallest absolute Gasteiger partial charge is 0.132 e. The molecule has 1 fully saturated rings. The Labute approximate surface area is 118 Å². The second-order valence-electron chi connectivity index (χ2n) is 5.27. The zero-order valence-electron chi connectivity index (χ0n) is 11.9. The number of oxime groups is 1. The molecule has 110 valence electrons. The molecular formula is C15H21NO4. The van der Waals surface area contributed by atoms with Crippen molar-refractivity contribution in [2.75, 3.05) is 13.7 Å². The maximum atomic E-state index is 10.3. The Morgan fingerprint density at radius 2 is 2.05 bits per heavy atom. The molecule has 1 aromatic carbocycles. The number of benzene rings is 1. The number of methoxy groups -OCH3 is 1. The minimum Gasteiger partial charge on any atom is -0.497 e. The molecule has 0 radical (unpaired) electrons. The summed E-state index contributed by atoms with van der Waals surface area (Å²) in [6.45, 7) is 1.94. The lowest BCUT2D eigenvalue weighted by atomic mass is 10.0. The Bertz CT molecular complexity index is 493. The van der Waals surface area contributed by atoms with Crippen molar-refractivity contribution in [3.05, 3.63) is 23.8 Å². The monoisotopic (exact) mass is 279 g/mol. The van der Waals surface area contributed by atoms with E-state index in [1.807, 2.05) is 0 Å². The Morgan fingerprint density at radius 3 is 2.65 bits per heavy atom. The van der Waals surface area contributed by atoms with Gasteiger partial charge in [0.15, 0.2) is 0 Å². The molecule has 0 amide bonds. The van der Waals surface area contributed by atoms with Crippen molar-refractivity contribution in [3.63, 3.8) is 0 Å². The van der Waals surface area contributed by atoms with E-state index in [4.69, 9.17) is 14.7 Å². The molecule has 1 aliphatic carbocycles. The highest BCUT2D eigenvalue weighted by atomic mass is 16.5. The van der Waals surface area contributed by atoms with E-state index >= 15 is 0 Å². The average Bonchev–Trinajstić information content (AvgIpc) is 2.91. The van der Waals surface area contributed by atoms with Crippen LogP contribution in [0.1, 0.15) is 38.2 Å². The Kier molecular flexibility index (Phi) is 4.49. The summed E-state index contributed by atoms with van der Waals surface area (Å²) < 4.78 is 10.9. The first kappa shape index (κ1) is 14.7. The van der Waals surface area contributed by atoms with Gasteiger partial charge in [0.25, 0.3) is 0 Å². The van der Waals surface area contributed by atoms with Gasteiger partial charge in [-0.3, -0.25) is 0 Å². The Hall–Kier alpha value is -1.75. The summed E-state index contributed by atoms with van der Waals surface area (Å²) in [7, 11) is 1.58. The van der Waals surface area contributed by atoms with Gasteiger partial charge < -0.3 is 19.8 Å². The van der Waals surface area contributed by atoms with Crippen molar-refractivity contribution in [3.8, 4) is 11.5 Å². The highest BCUT2D eigenvalue weighted by Crippen LogP contribution is 2.32. The van der Waals surface area contributed by atoms with Crippen LogP contribution in [0.25, 0.3) is 0 Å². The van der Waals surface area contributed by atoms with Gasteiger partial charge in [-0.25, -0.2) is 0 Å². The van der Waals surface area contributed by atoms with Gasteiger partial charge >= 0.3 is 0 Å². The lowest BCUT2D eigenvalue weighted by molar-refractivity contribution is 0.00129. The fourth-order valence-electron chi connectivity index (χ4n) is 2.49. The molecule has 2 rings (SSSR count). The van der Waals surface area contributed by atoms with E-state index in [0.717, 1.165) is 25.7 Å². The lowest BCUT2D eigenvalue weighted by Crippen LogP contribution is -2.32. The van der Waals surface area contributed by atoms with Gasteiger partial charge in [0.2, 0.25) is 0 Å². The number of ether oxygens (including phenoxy) is 2. The highest BCUT2D eigenvalue weighted by Gasteiger charge is 2.32. The molecular weight excluding hydrogens is 258 g/mol. The second kappa shape index (κ2) is 6.13. The van der Waals surface area contributed by atoms with E-state index < -0.39 is 5.60 Å². The van der Waals surface area contributed by atoms with Gasteiger partial charge in [-0.1, -0.05) is 18.0 Å². The van der Waals surface area contributed by atoms with Crippen molar-refractivity contribution < 1.29 is 19.8 Å². The first-order chi connectivity index (χ1) is 9.58. The molecule has 0 saturated heterocycles. The molecule has 1 aromatic rings. The fraction of sp³-hybridized carbons (Fsp3) is 0.533. The van der Waals surface area contributed by atoms with Crippen LogP contribution < -0.4 is 9.47 Å². The number of hydrogen-bond donors (Lipinski definition) is 2. The van der Waals surface area contributed by atoms with Gasteiger partial charge in [0, 0.05) is 11.6 Å². The van der Waals surface area contributed by atoms with Crippen molar-refractivity contribution in [2.24, 2.45) is 5.16 Å². The molecule has 0 atom stereocenters. The van der Waals surface area contributed by atoms with Gasteiger partial charge in [-0.05, 0) is 31.9 Å². The first-order valence-corrected chi connectivity index (χ1v) is 6.80. The van der Waals surface area contributed by atoms with Crippen LogP contribution in [0, 0.1) is 0 Å². The van der Waals surface area contributed by atoms with Crippen LogP contribution in [0.5, 0.6) is 11.5 Å². The van der Waals surface area contributed by atoms with Gasteiger partial charge in [0.1, 0.15) is 18.1 Å². The minimum atomic E-state index is -0.745. The largest absolute Gasteiger partial charge is 0.497 e. The van der Waals surface area contributed by atoms with Crippen LogP contribution >= 0.6 is 0 Å². The standard InChI is InChI=1S/C15H21NO4/c1-11(16-18)13-6-5-12(19-2)9-14(13)20-10-15(17)7-3-4-8-15/h5-6,9,17-18H,3-4,7-8,10H2,1-2H3/b16-11+. The van der Waals surface area contributed by atoms with E-state index in [0.29, 0.717) is 22.8 Å². The van der Waals surface area contributed by atoms with Crippen LogP contribution in [-0.2, 0) is 0 Å². The SMILES string of the molecule is COc1ccc(/C(C)=N/O)c(OCC2(O)CCCC2)c1. The van der Waals surface area contributed by atoms with E-state index in [-0.39, 0.29) is 6.61 Å². The summed E-state index contributed by atoms with van der Waals surface area (Å²) in [5, 5.41) is 22.5. The molecule has 0 bridgehead atoms. The van der Waals surface area contributed by atoms with Gasteiger partial charge in [-0.2, -0.15) is 0 Å². The predicted molar refractivity (Wildman–Crippen MR) is 75.9 cm³/mol. The summed E-state index contributed by atoms with van der Waals surface area (Å²) >= 11 is 0. The number of nitrogens with zero attached hydrogens (tertiary/aromatic N) is 1. The average molecular weight is 279 g/mol. The molecule has 0 unspecified atom stereocenters. The third kappa shape index (κ3) is 3.22. The van der Waals surface area contributed by atoms with Crippen molar-refractivity contribution in [1.82, 2.24) is 0 Å². The number of aliphatic hydroxyl groups is 1. The van der Waals surface area contributed by atoms with Crippen LogP contribution in [0.2, 0.25) is 0 Å². The third-order valence-electron chi connectivity index (χ3n) is 3.76. The molecule has 5 nitrogen and oxygen atoms in total. The van der Waals surface area contributed by atoms with E-state index in [2.05, 4.69) is 5.16 Å². The third-order valence-corrected chi connectivity index (χ3v) is 3.76. The topological polar surface area (TPSA) is 71.3 Å². The molecule has 0 spiro atoms. The van der Waals surface area contributed by atoms with E-state index in [1.165, 1.54) is 0 Å². The summed E-state index contributed by atoms with van der Waals surface area (Å²) in [5.41, 5.74) is 0.404. The van der Waals surface area contributed by atoms with Crippen LogP contribution in [0.3, 0.4) is 0 Å². The van der Waals surface area contributed by atoms with Crippen LogP contribution in [0.4, 0.5) is 0 Å². The zero-order chi connectivity index (χ0) is 14.6. The maximum Gasteiger partial charge on any atom is 0.132 e. The lowest BCUT2D eigenvalue weighted by Gasteiger charge is -2.23. The summed E-state index contributed by atoms with van der Waals surface area (Å²) in [4.78, 5) is 0. The van der Waals surface area contributed by atoms with Gasteiger partial charge in [-0.15, -0.1) is 0 Å². The summed E-state index contributed by atoms with van der Waals surface area (Å²) in [5.74, 6) is 1.22. The van der Waals surface area contributed by atoms with Crippen molar-refractivity contribution in [2.45, 2.75) is 38.2 Å². The Balaban J connectivity index is 2.19. The molecule has 1 aliphatic rings. The van der Waals surface area contributed by atoms with E-state index in [9.17, 15) is 5.11 Å². The van der Waals surface area contributed by atoms with Crippen LogP contribution in [-0.4, -0.2) is 35.3 Å². The van der Waals surface area contributed by atoms with E-state index in [1.54, 1.807) is 32.2 Å². The number of hydrogen-bond acceptors (Lipinski definition) is 5. The highest BCUT2D eigenvalue weighted by molar-refractivity contribution is 6.00. The normalized spacial score (nSPS) is 18.1. The summed E-state index contributed by atoms with van der Waals surface area (Å²) in [6, 6.07) is 5.30. The predicted octanol–water partition coefficient (Wildman–Crippen LogP) is 2.58. The molecule has 0 heterocycles. The number of rotatable bonds is 5. The molecule has 2 N–H and O–H groups in total. The van der Waals surface area contributed by atoms with Crippen molar-refractivity contribution in [1.29, 1.82) is 0 Å². The Morgan fingerprint density at radius 1 is 1.35 bits per heavy atom. The molecule has 0 aliphatic heterocycles. The molecule has 1 saturated carbocycles.